The molecule has 1 aromatic heterocycles. The molecule has 0 radical (unpaired) electrons. The van der Waals surface area contributed by atoms with Crippen LogP contribution in [0.1, 0.15) is 50.5 Å². The topological polar surface area (TPSA) is 40.5 Å². The van der Waals surface area contributed by atoms with Crippen LogP contribution in [0, 0.1) is 5.41 Å². The number of thiophene rings is 1. The predicted molar refractivity (Wildman–Crippen MR) is 80.9 cm³/mol. The molecule has 0 bridgehead atoms. The quantitative estimate of drug-likeness (QED) is 0.868. The molecule has 0 atom stereocenters. The first-order valence-electron chi connectivity index (χ1n) is 7.68. The highest BCUT2D eigenvalue weighted by molar-refractivity contribution is 7.07. The van der Waals surface area contributed by atoms with Crippen molar-refractivity contribution in [1.82, 2.24) is 4.90 Å². The van der Waals surface area contributed by atoms with Gasteiger partial charge in [-0.25, -0.2) is 0 Å². The molecule has 2 aliphatic carbocycles. The summed E-state index contributed by atoms with van der Waals surface area (Å²) in [7, 11) is 0. The first-order chi connectivity index (χ1) is 9.70. The fourth-order valence-corrected chi connectivity index (χ4v) is 4.09. The summed E-state index contributed by atoms with van der Waals surface area (Å²) in [4.78, 5) is 14.3. The first-order valence-corrected chi connectivity index (χ1v) is 8.62. The lowest BCUT2D eigenvalue weighted by Crippen LogP contribution is -2.45. The van der Waals surface area contributed by atoms with Gasteiger partial charge in [-0.2, -0.15) is 11.3 Å². The van der Waals surface area contributed by atoms with Gasteiger partial charge >= 0.3 is 5.97 Å². The molecular weight excluding hydrogens is 270 g/mol. The normalized spacial score (nSPS) is 22.1. The lowest BCUT2D eigenvalue weighted by Gasteiger charge is -2.38. The third-order valence-electron chi connectivity index (χ3n) is 4.80. The second-order valence-electron chi connectivity index (χ2n) is 6.41. The monoisotopic (exact) mass is 293 g/mol. The summed E-state index contributed by atoms with van der Waals surface area (Å²) in [6.45, 7) is 1.66. The zero-order valence-electron chi connectivity index (χ0n) is 11.9. The second-order valence-corrected chi connectivity index (χ2v) is 7.19. The molecule has 1 heterocycles. The molecule has 4 heteroatoms. The fourth-order valence-electron chi connectivity index (χ4n) is 3.43. The smallest absolute Gasteiger partial charge is 0.310 e. The summed E-state index contributed by atoms with van der Waals surface area (Å²) in [5, 5.41) is 14.0. The van der Waals surface area contributed by atoms with Gasteiger partial charge in [0, 0.05) is 19.1 Å². The summed E-state index contributed by atoms with van der Waals surface area (Å²) < 4.78 is 0. The lowest BCUT2D eigenvalue weighted by molar-refractivity contribution is -0.152. The number of nitrogens with zero attached hydrogens (tertiary/aromatic N) is 1. The Bertz CT molecular complexity index is 447. The van der Waals surface area contributed by atoms with Gasteiger partial charge in [0.25, 0.3) is 0 Å². The highest BCUT2D eigenvalue weighted by atomic mass is 32.1. The van der Waals surface area contributed by atoms with Crippen LogP contribution in [0.4, 0.5) is 0 Å². The molecular formula is C16H23NO2S. The molecule has 0 amide bonds. The largest absolute Gasteiger partial charge is 0.481 e. The van der Waals surface area contributed by atoms with Crippen LogP contribution in [0.2, 0.25) is 0 Å². The molecule has 1 N–H and O–H groups in total. The van der Waals surface area contributed by atoms with Crippen LogP contribution in [0.3, 0.4) is 0 Å². The van der Waals surface area contributed by atoms with Crippen molar-refractivity contribution in [2.24, 2.45) is 5.41 Å². The van der Waals surface area contributed by atoms with Gasteiger partial charge in [-0.1, -0.05) is 19.3 Å². The molecule has 0 aliphatic heterocycles. The standard InChI is InChI=1S/C16H23NO2S/c18-15(19)16(7-2-1-3-8-16)12-17(14-4-5-14)10-13-6-9-20-11-13/h6,9,11,14H,1-5,7-8,10,12H2,(H,18,19). The van der Waals surface area contributed by atoms with Crippen molar-refractivity contribution in [2.45, 2.75) is 57.5 Å². The highest BCUT2D eigenvalue weighted by Gasteiger charge is 2.43. The van der Waals surface area contributed by atoms with Crippen LogP contribution in [0.25, 0.3) is 0 Å². The van der Waals surface area contributed by atoms with Gasteiger partial charge < -0.3 is 5.11 Å². The number of aliphatic carboxylic acids is 1. The Kier molecular flexibility index (Phi) is 4.13. The Balaban J connectivity index is 1.72. The zero-order chi connectivity index (χ0) is 14.0. The van der Waals surface area contributed by atoms with E-state index in [0.29, 0.717) is 6.04 Å². The Morgan fingerprint density at radius 3 is 2.65 bits per heavy atom. The van der Waals surface area contributed by atoms with Crippen LogP contribution in [0.5, 0.6) is 0 Å². The van der Waals surface area contributed by atoms with E-state index >= 15 is 0 Å². The number of carbonyl (C=O) groups is 1. The Morgan fingerprint density at radius 2 is 2.10 bits per heavy atom. The third kappa shape index (κ3) is 3.07. The summed E-state index contributed by atoms with van der Waals surface area (Å²) in [5.41, 5.74) is 0.842. The number of rotatable bonds is 6. The van der Waals surface area contributed by atoms with Crippen molar-refractivity contribution >= 4 is 17.3 Å². The molecule has 1 aromatic rings. The van der Waals surface area contributed by atoms with Crippen molar-refractivity contribution in [3.63, 3.8) is 0 Å². The SMILES string of the molecule is O=C(O)C1(CN(Cc2ccsc2)C2CC2)CCCCC1. The van der Waals surface area contributed by atoms with E-state index in [2.05, 4.69) is 21.7 Å². The molecule has 3 rings (SSSR count). The molecule has 2 aliphatic rings. The second kappa shape index (κ2) is 5.86. The maximum atomic E-state index is 11.8. The molecule has 3 nitrogen and oxygen atoms in total. The minimum atomic E-state index is -0.576. The third-order valence-corrected chi connectivity index (χ3v) is 5.53. The average molecular weight is 293 g/mol. The Morgan fingerprint density at radius 1 is 1.35 bits per heavy atom. The van der Waals surface area contributed by atoms with Crippen LogP contribution in [-0.4, -0.2) is 28.6 Å². The molecule has 0 unspecified atom stereocenters. The van der Waals surface area contributed by atoms with E-state index in [0.717, 1.165) is 38.8 Å². The van der Waals surface area contributed by atoms with Crippen molar-refractivity contribution in [3.8, 4) is 0 Å². The molecule has 0 saturated heterocycles. The van der Waals surface area contributed by atoms with Crippen molar-refractivity contribution in [2.75, 3.05) is 6.54 Å². The maximum absolute atomic E-state index is 11.8. The van der Waals surface area contributed by atoms with Gasteiger partial charge in [-0.15, -0.1) is 0 Å². The van der Waals surface area contributed by atoms with Crippen molar-refractivity contribution in [1.29, 1.82) is 0 Å². The predicted octanol–water partition coefficient (Wildman–Crippen LogP) is 3.75. The van der Waals surface area contributed by atoms with Crippen LogP contribution in [-0.2, 0) is 11.3 Å². The molecule has 2 fully saturated rings. The number of hydrogen-bond acceptors (Lipinski definition) is 3. The van der Waals surface area contributed by atoms with Gasteiger partial charge in [0.1, 0.15) is 0 Å². The summed E-state index contributed by atoms with van der Waals surface area (Å²) in [5.74, 6) is -0.576. The van der Waals surface area contributed by atoms with Crippen molar-refractivity contribution < 1.29 is 9.90 Å². The van der Waals surface area contributed by atoms with E-state index in [-0.39, 0.29) is 0 Å². The number of hydrogen-bond donors (Lipinski definition) is 1. The molecule has 0 aromatic carbocycles. The van der Waals surface area contributed by atoms with Gasteiger partial charge in [-0.3, -0.25) is 9.69 Å². The van der Waals surface area contributed by atoms with Gasteiger partial charge in [-0.05, 0) is 48.1 Å². The van der Waals surface area contributed by atoms with E-state index in [1.807, 2.05) is 0 Å². The van der Waals surface area contributed by atoms with Crippen LogP contribution < -0.4 is 0 Å². The Labute approximate surface area is 124 Å². The maximum Gasteiger partial charge on any atom is 0.310 e. The zero-order valence-corrected chi connectivity index (χ0v) is 12.7. The summed E-state index contributed by atoms with van der Waals surface area (Å²) >= 11 is 1.72. The van der Waals surface area contributed by atoms with Gasteiger partial charge in [0.15, 0.2) is 0 Å². The fraction of sp³-hybridized carbons (Fsp3) is 0.688. The number of carboxylic acid groups (broad SMARTS) is 1. The van der Waals surface area contributed by atoms with E-state index in [9.17, 15) is 9.90 Å². The molecule has 110 valence electrons. The minimum absolute atomic E-state index is 0.489. The summed E-state index contributed by atoms with van der Waals surface area (Å²) in [6, 6.07) is 2.78. The van der Waals surface area contributed by atoms with E-state index in [4.69, 9.17) is 0 Å². The molecule has 20 heavy (non-hydrogen) atoms. The Hall–Kier alpha value is -0.870. The summed E-state index contributed by atoms with van der Waals surface area (Å²) in [6.07, 6.45) is 7.53. The first kappa shape index (κ1) is 14.1. The molecule has 0 spiro atoms. The average Bonchev–Trinajstić information content (AvgIpc) is 3.18. The van der Waals surface area contributed by atoms with E-state index < -0.39 is 11.4 Å². The van der Waals surface area contributed by atoms with Gasteiger partial charge in [0.2, 0.25) is 0 Å². The minimum Gasteiger partial charge on any atom is -0.481 e. The number of carboxylic acids is 1. The van der Waals surface area contributed by atoms with Crippen LogP contribution in [0.15, 0.2) is 16.8 Å². The van der Waals surface area contributed by atoms with Gasteiger partial charge in [0.05, 0.1) is 5.41 Å². The highest BCUT2D eigenvalue weighted by Crippen LogP contribution is 2.40. The van der Waals surface area contributed by atoms with E-state index in [1.165, 1.54) is 24.8 Å². The van der Waals surface area contributed by atoms with E-state index in [1.54, 1.807) is 11.3 Å². The lowest BCUT2D eigenvalue weighted by atomic mass is 9.73. The molecule has 2 saturated carbocycles. The van der Waals surface area contributed by atoms with Crippen LogP contribution >= 0.6 is 11.3 Å². The van der Waals surface area contributed by atoms with Crippen molar-refractivity contribution in [3.05, 3.63) is 22.4 Å².